The third kappa shape index (κ3) is 2.54. The lowest BCUT2D eigenvalue weighted by atomic mass is 10.2. The summed E-state index contributed by atoms with van der Waals surface area (Å²) < 4.78 is 1.66. The fourth-order valence-electron chi connectivity index (χ4n) is 2.81. The van der Waals surface area contributed by atoms with E-state index in [0.29, 0.717) is 23.9 Å². The van der Waals surface area contributed by atoms with Crippen molar-refractivity contribution in [1.29, 1.82) is 0 Å². The number of aryl methyl sites for hydroxylation is 2. The second kappa shape index (κ2) is 5.36. The first kappa shape index (κ1) is 14.4. The van der Waals surface area contributed by atoms with E-state index in [2.05, 4.69) is 5.10 Å². The van der Waals surface area contributed by atoms with Crippen LogP contribution in [0.3, 0.4) is 0 Å². The number of carboxylic acids is 1. The highest BCUT2D eigenvalue weighted by Crippen LogP contribution is 2.45. The average molecular weight is 309 g/mol. The lowest BCUT2D eigenvalue weighted by Crippen LogP contribution is -2.46. The summed E-state index contributed by atoms with van der Waals surface area (Å²) in [5.41, 5.74) is 1.27. The summed E-state index contributed by atoms with van der Waals surface area (Å²) in [4.78, 5) is 25.9. The predicted octanol–water partition coefficient (Wildman–Crippen LogP) is 1.59. The van der Waals surface area contributed by atoms with Gasteiger partial charge in [-0.25, -0.2) is 4.79 Å². The first-order valence-corrected chi connectivity index (χ1v) is 8.29. The molecule has 0 bridgehead atoms. The number of carbonyl (C=O) groups excluding carboxylic acids is 1. The van der Waals surface area contributed by atoms with Gasteiger partial charge < -0.3 is 10.0 Å². The molecule has 7 heteroatoms. The lowest BCUT2D eigenvalue weighted by Gasteiger charge is -2.27. The minimum absolute atomic E-state index is 0.000822. The second-order valence-corrected chi connectivity index (χ2v) is 6.76. The van der Waals surface area contributed by atoms with E-state index in [9.17, 15) is 14.7 Å². The van der Waals surface area contributed by atoms with Crippen molar-refractivity contribution < 1.29 is 14.7 Å². The summed E-state index contributed by atoms with van der Waals surface area (Å²) in [7, 11) is 0. The average Bonchev–Trinajstić information content (AvgIpc) is 3.07. The molecule has 6 nitrogen and oxygen atoms in total. The van der Waals surface area contributed by atoms with Gasteiger partial charge in [-0.3, -0.25) is 9.48 Å². The molecule has 1 saturated heterocycles. The molecule has 0 radical (unpaired) electrons. The highest BCUT2D eigenvalue weighted by molar-refractivity contribution is 8.00. The topological polar surface area (TPSA) is 75.4 Å². The summed E-state index contributed by atoms with van der Waals surface area (Å²) in [6, 6.07) is 1.02. The Morgan fingerprint density at radius 3 is 2.76 bits per heavy atom. The van der Waals surface area contributed by atoms with Crippen LogP contribution in [0.4, 0.5) is 0 Å². The van der Waals surface area contributed by atoms with Crippen LogP contribution < -0.4 is 0 Å². The zero-order chi connectivity index (χ0) is 15.1. The standard InChI is InChI=1S/C14H19N3O3S/c1-3-16-10(6-8(2)15-16)12(18)17-11(14(19)20)7-21-13(17)9-4-5-9/h6,9,11,13H,3-5,7H2,1-2H3,(H,19,20). The van der Waals surface area contributed by atoms with Crippen molar-refractivity contribution >= 4 is 23.6 Å². The smallest absolute Gasteiger partial charge is 0.327 e. The van der Waals surface area contributed by atoms with Gasteiger partial charge in [-0.05, 0) is 38.7 Å². The fraction of sp³-hybridized carbons (Fsp3) is 0.643. The molecule has 1 saturated carbocycles. The number of nitrogens with zero attached hydrogens (tertiary/aromatic N) is 3. The van der Waals surface area contributed by atoms with Gasteiger partial charge in [0, 0.05) is 12.3 Å². The van der Waals surface area contributed by atoms with Crippen molar-refractivity contribution in [2.75, 3.05) is 5.75 Å². The molecule has 3 rings (SSSR count). The minimum Gasteiger partial charge on any atom is -0.480 e. The summed E-state index contributed by atoms with van der Waals surface area (Å²) in [6.07, 6.45) is 2.17. The van der Waals surface area contributed by atoms with Crippen molar-refractivity contribution in [3.8, 4) is 0 Å². The van der Waals surface area contributed by atoms with Crippen LogP contribution in [0, 0.1) is 12.8 Å². The number of aromatic nitrogens is 2. The van der Waals surface area contributed by atoms with Crippen LogP contribution >= 0.6 is 11.8 Å². The first-order chi connectivity index (χ1) is 10.0. The highest BCUT2D eigenvalue weighted by Gasteiger charge is 2.48. The number of amides is 1. The molecule has 2 unspecified atom stereocenters. The SMILES string of the molecule is CCn1nc(C)cc1C(=O)N1C(C(=O)O)CSC1C1CC1. The van der Waals surface area contributed by atoms with Crippen molar-refractivity contribution in [2.24, 2.45) is 5.92 Å². The first-order valence-electron chi connectivity index (χ1n) is 7.24. The zero-order valence-corrected chi connectivity index (χ0v) is 13.0. The Balaban J connectivity index is 1.93. The minimum atomic E-state index is -0.918. The normalized spacial score (nSPS) is 25.3. The van der Waals surface area contributed by atoms with E-state index in [0.717, 1.165) is 18.5 Å². The van der Waals surface area contributed by atoms with Gasteiger partial charge in [0.15, 0.2) is 0 Å². The van der Waals surface area contributed by atoms with E-state index in [-0.39, 0.29) is 11.3 Å². The number of rotatable bonds is 4. The molecule has 2 fully saturated rings. The largest absolute Gasteiger partial charge is 0.480 e. The van der Waals surface area contributed by atoms with Crippen LogP contribution in [0.15, 0.2) is 6.07 Å². The Labute approximate surface area is 127 Å². The summed E-state index contributed by atoms with van der Waals surface area (Å²) in [6.45, 7) is 4.37. The molecule has 1 aromatic rings. The summed E-state index contributed by atoms with van der Waals surface area (Å²) in [5, 5.41) is 13.7. The number of thioether (sulfide) groups is 1. The van der Waals surface area contributed by atoms with E-state index in [1.54, 1.807) is 27.4 Å². The van der Waals surface area contributed by atoms with Crippen LogP contribution in [-0.4, -0.2) is 48.8 Å². The Morgan fingerprint density at radius 1 is 1.48 bits per heavy atom. The molecule has 1 aliphatic heterocycles. The van der Waals surface area contributed by atoms with E-state index < -0.39 is 12.0 Å². The second-order valence-electron chi connectivity index (χ2n) is 5.61. The third-order valence-corrected chi connectivity index (χ3v) is 5.46. The van der Waals surface area contributed by atoms with Gasteiger partial charge >= 0.3 is 5.97 Å². The summed E-state index contributed by atoms with van der Waals surface area (Å²) >= 11 is 1.60. The molecule has 2 heterocycles. The van der Waals surface area contributed by atoms with Gasteiger partial charge in [-0.1, -0.05) is 0 Å². The Bertz CT molecular complexity index is 582. The van der Waals surface area contributed by atoms with Crippen LogP contribution in [0.2, 0.25) is 0 Å². The predicted molar refractivity (Wildman–Crippen MR) is 79.2 cm³/mol. The molecule has 1 aliphatic carbocycles. The quantitative estimate of drug-likeness (QED) is 0.914. The molecule has 0 spiro atoms. The van der Waals surface area contributed by atoms with Crippen LogP contribution in [0.1, 0.15) is 35.9 Å². The van der Waals surface area contributed by atoms with Crippen molar-refractivity contribution in [1.82, 2.24) is 14.7 Å². The van der Waals surface area contributed by atoms with E-state index in [4.69, 9.17) is 0 Å². The fourth-order valence-corrected chi connectivity index (χ4v) is 4.44. The maximum Gasteiger partial charge on any atom is 0.327 e. The van der Waals surface area contributed by atoms with Crippen LogP contribution in [-0.2, 0) is 11.3 Å². The molecule has 114 valence electrons. The van der Waals surface area contributed by atoms with E-state index >= 15 is 0 Å². The molecule has 2 aliphatic rings. The number of carbonyl (C=O) groups is 2. The van der Waals surface area contributed by atoms with Crippen molar-refractivity contribution in [3.05, 3.63) is 17.5 Å². The number of hydrogen-bond donors (Lipinski definition) is 1. The maximum absolute atomic E-state index is 12.9. The van der Waals surface area contributed by atoms with Gasteiger partial charge in [0.2, 0.25) is 0 Å². The van der Waals surface area contributed by atoms with Crippen LogP contribution in [0.25, 0.3) is 0 Å². The molecule has 1 N–H and O–H groups in total. The van der Waals surface area contributed by atoms with Gasteiger partial charge in [0.25, 0.3) is 5.91 Å². The molecule has 0 aromatic carbocycles. The van der Waals surface area contributed by atoms with Gasteiger partial charge in [-0.2, -0.15) is 5.10 Å². The molecule has 2 atom stereocenters. The van der Waals surface area contributed by atoms with Gasteiger partial charge in [0.05, 0.1) is 11.1 Å². The zero-order valence-electron chi connectivity index (χ0n) is 12.2. The maximum atomic E-state index is 12.9. The molecule has 21 heavy (non-hydrogen) atoms. The Morgan fingerprint density at radius 2 is 2.19 bits per heavy atom. The molecular weight excluding hydrogens is 290 g/mol. The summed E-state index contributed by atoms with van der Waals surface area (Å²) in [5.74, 6) is -0.200. The molecular formula is C14H19N3O3S. The van der Waals surface area contributed by atoms with E-state index in [1.807, 2.05) is 13.8 Å². The number of carboxylic acid groups (broad SMARTS) is 1. The van der Waals surface area contributed by atoms with Crippen LogP contribution in [0.5, 0.6) is 0 Å². The van der Waals surface area contributed by atoms with Gasteiger partial charge in [0.1, 0.15) is 11.7 Å². The lowest BCUT2D eigenvalue weighted by molar-refractivity contribution is -0.141. The Kier molecular flexibility index (Phi) is 3.69. The Hall–Kier alpha value is -1.50. The highest BCUT2D eigenvalue weighted by atomic mass is 32.2. The van der Waals surface area contributed by atoms with Crippen molar-refractivity contribution in [3.63, 3.8) is 0 Å². The number of hydrogen-bond acceptors (Lipinski definition) is 4. The molecule has 1 aromatic heterocycles. The van der Waals surface area contributed by atoms with Gasteiger partial charge in [-0.15, -0.1) is 11.8 Å². The number of aliphatic carboxylic acids is 1. The monoisotopic (exact) mass is 309 g/mol. The van der Waals surface area contributed by atoms with E-state index in [1.165, 1.54) is 0 Å². The third-order valence-electron chi connectivity index (χ3n) is 4.00. The van der Waals surface area contributed by atoms with Crippen molar-refractivity contribution in [2.45, 2.75) is 44.6 Å². The molecule has 1 amide bonds.